The lowest BCUT2D eigenvalue weighted by Crippen LogP contribution is -2.16. The van der Waals surface area contributed by atoms with E-state index in [1.165, 1.54) is 5.39 Å². The van der Waals surface area contributed by atoms with Gasteiger partial charge in [-0.1, -0.05) is 109 Å². The van der Waals surface area contributed by atoms with E-state index in [2.05, 4.69) is 131 Å². The largest absolute Gasteiger partial charge is 0.453 e. The van der Waals surface area contributed by atoms with Gasteiger partial charge in [-0.3, -0.25) is 0 Å². The van der Waals surface area contributed by atoms with E-state index in [0.29, 0.717) is 9.79 Å². The zero-order valence-electron chi connectivity index (χ0n) is 29.1. The van der Waals surface area contributed by atoms with E-state index >= 15 is 0 Å². The zero-order valence-corrected chi connectivity index (χ0v) is 30.7. The van der Waals surface area contributed by atoms with Crippen LogP contribution in [0, 0.1) is 0 Å². The molecule has 0 radical (unpaired) electrons. The monoisotopic (exact) mass is 744 g/mol. The van der Waals surface area contributed by atoms with Crippen LogP contribution in [0.5, 0.6) is 11.5 Å². The molecule has 0 fully saturated rings. The molecule has 0 spiro atoms. The Labute approximate surface area is 320 Å². The van der Waals surface area contributed by atoms with E-state index in [9.17, 15) is 8.42 Å². The van der Waals surface area contributed by atoms with Crippen LogP contribution in [-0.2, 0) is 9.84 Å². The fourth-order valence-electron chi connectivity index (χ4n) is 8.81. The summed E-state index contributed by atoms with van der Waals surface area (Å²) in [7, 11) is -3.61. The molecule has 0 saturated heterocycles. The van der Waals surface area contributed by atoms with Gasteiger partial charge in [-0.25, -0.2) is 8.42 Å². The van der Waals surface area contributed by atoms with Crippen molar-refractivity contribution < 1.29 is 13.2 Å². The fraction of sp³-hybridized carbons (Fsp3) is 0. The van der Waals surface area contributed by atoms with Gasteiger partial charge in [0.2, 0.25) is 9.84 Å². The van der Waals surface area contributed by atoms with Gasteiger partial charge in [0.05, 0.1) is 42.6 Å². The van der Waals surface area contributed by atoms with Crippen LogP contribution in [0.3, 0.4) is 0 Å². The molecular formula is C48H28N2O3S2. The number of rotatable bonds is 3. The van der Waals surface area contributed by atoms with E-state index in [4.69, 9.17) is 4.74 Å². The van der Waals surface area contributed by atoms with Crippen LogP contribution < -0.4 is 9.64 Å². The minimum Gasteiger partial charge on any atom is -0.453 e. The quantitative estimate of drug-likeness (QED) is 0.181. The number of ether oxygens (including phenoxy) is 1. The van der Waals surface area contributed by atoms with Gasteiger partial charge in [-0.2, -0.15) is 0 Å². The standard InChI is InChI=1S/C48H28N2O3S2/c51-55(52)44-25-9-5-16-35(44)46-31(17-12-26-45(46)55)32-18-10-19-33-34-20-11-23-39(48(34)54-47(32)33)50-38-22-7-8-24-42(38)53-43-27-36-30-15-4-6-21-37(30)49(40(36)28-41(43)50)29-13-2-1-3-14-29/h1-28H. The molecular weight excluding hydrogens is 717 g/mol. The Kier molecular flexibility index (Phi) is 6.25. The molecule has 0 unspecified atom stereocenters. The Balaban J connectivity index is 1.12. The predicted molar refractivity (Wildman–Crippen MR) is 225 cm³/mol. The van der Waals surface area contributed by atoms with Gasteiger partial charge < -0.3 is 14.2 Å². The molecule has 0 N–H and O–H groups in total. The van der Waals surface area contributed by atoms with Crippen molar-refractivity contribution in [3.05, 3.63) is 170 Å². The minimum absolute atomic E-state index is 0.366. The Morgan fingerprint density at radius 1 is 0.455 bits per heavy atom. The first kappa shape index (κ1) is 30.8. The van der Waals surface area contributed by atoms with Crippen LogP contribution >= 0.6 is 11.3 Å². The number of anilines is 3. The number of thiophene rings is 1. The first-order valence-electron chi connectivity index (χ1n) is 18.2. The molecule has 5 nitrogen and oxygen atoms in total. The number of hydrogen-bond donors (Lipinski definition) is 0. The highest BCUT2D eigenvalue weighted by Crippen LogP contribution is 2.56. The van der Waals surface area contributed by atoms with Gasteiger partial charge in [0.25, 0.3) is 0 Å². The highest BCUT2D eigenvalue weighted by atomic mass is 32.2. The Hall–Kier alpha value is -6.67. The molecule has 0 amide bonds. The number of hydrogen-bond acceptors (Lipinski definition) is 5. The predicted octanol–water partition coefficient (Wildman–Crippen LogP) is 13.2. The smallest absolute Gasteiger partial charge is 0.207 e. The molecule has 0 saturated carbocycles. The molecule has 0 aliphatic carbocycles. The Bertz CT molecular complexity index is 3380. The topological polar surface area (TPSA) is 51.5 Å². The molecule has 55 heavy (non-hydrogen) atoms. The lowest BCUT2D eigenvalue weighted by atomic mass is 9.94. The second-order valence-electron chi connectivity index (χ2n) is 14.0. The number of fused-ring (bicyclic) bond motifs is 11. The van der Waals surface area contributed by atoms with Crippen LogP contribution in [-0.4, -0.2) is 13.0 Å². The van der Waals surface area contributed by atoms with Crippen molar-refractivity contribution in [3.63, 3.8) is 0 Å². The summed E-state index contributed by atoms with van der Waals surface area (Å²) in [6.07, 6.45) is 0. The molecule has 0 bridgehead atoms. The average molecular weight is 745 g/mol. The van der Waals surface area contributed by atoms with Crippen LogP contribution in [0.2, 0.25) is 0 Å². The average Bonchev–Trinajstić information content (AvgIpc) is 3.85. The lowest BCUT2D eigenvalue weighted by molar-refractivity contribution is 0.478. The molecule has 0 atom stereocenters. The Morgan fingerprint density at radius 3 is 2.02 bits per heavy atom. The van der Waals surface area contributed by atoms with E-state index in [-0.39, 0.29) is 0 Å². The molecule has 12 rings (SSSR count). The second kappa shape index (κ2) is 11.2. The maximum absolute atomic E-state index is 13.7. The van der Waals surface area contributed by atoms with E-state index in [1.54, 1.807) is 29.5 Å². The molecule has 2 aliphatic rings. The van der Waals surface area contributed by atoms with E-state index < -0.39 is 9.84 Å². The summed E-state index contributed by atoms with van der Waals surface area (Å²) in [5, 5.41) is 4.57. The Morgan fingerprint density at radius 2 is 1.11 bits per heavy atom. The summed E-state index contributed by atoms with van der Waals surface area (Å²) in [5.74, 6) is 1.58. The third kappa shape index (κ3) is 4.19. The SMILES string of the molecule is O=S1(=O)c2ccccc2-c2c(-c3cccc4c3sc3c(N5c6ccccc6Oc6cc7c8ccccc8n(-c8ccccc8)c7cc65)cccc34)cccc21. The van der Waals surface area contributed by atoms with Crippen LogP contribution in [0.15, 0.2) is 180 Å². The van der Waals surface area contributed by atoms with Crippen molar-refractivity contribution in [2.24, 2.45) is 0 Å². The molecule has 4 heterocycles. The molecule has 2 aliphatic heterocycles. The third-order valence-corrected chi connectivity index (χ3v) is 14.3. The maximum atomic E-state index is 13.7. The van der Waals surface area contributed by atoms with Crippen molar-refractivity contribution in [3.8, 4) is 39.4 Å². The van der Waals surface area contributed by atoms with E-state index in [1.807, 2.05) is 30.3 Å². The molecule has 10 aromatic rings. The number of aromatic nitrogens is 1. The van der Waals surface area contributed by atoms with Crippen LogP contribution in [0.4, 0.5) is 17.1 Å². The van der Waals surface area contributed by atoms with E-state index in [0.717, 1.165) is 93.1 Å². The molecule has 7 heteroatoms. The fourth-order valence-corrected chi connectivity index (χ4v) is 11.8. The van der Waals surface area contributed by atoms with Gasteiger partial charge in [0, 0.05) is 48.6 Å². The first-order chi connectivity index (χ1) is 27.1. The second-order valence-corrected chi connectivity index (χ2v) is 17.0. The summed E-state index contributed by atoms with van der Waals surface area (Å²) in [4.78, 5) is 3.08. The summed E-state index contributed by atoms with van der Waals surface area (Å²) < 4.78 is 38.7. The van der Waals surface area contributed by atoms with Crippen LogP contribution in [0.25, 0.3) is 69.9 Å². The van der Waals surface area contributed by atoms with Crippen molar-refractivity contribution >= 4 is 80.2 Å². The minimum atomic E-state index is -3.61. The third-order valence-electron chi connectivity index (χ3n) is 11.1. The summed E-state index contributed by atoms with van der Waals surface area (Å²) in [6.45, 7) is 0. The molecule has 2 aromatic heterocycles. The summed E-state index contributed by atoms with van der Waals surface area (Å²) in [5.41, 5.74) is 9.77. The molecule has 8 aromatic carbocycles. The number of para-hydroxylation sites is 4. The van der Waals surface area contributed by atoms with Crippen molar-refractivity contribution in [2.75, 3.05) is 4.90 Å². The normalized spacial score (nSPS) is 13.9. The molecule has 260 valence electrons. The summed E-state index contributed by atoms with van der Waals surface area (Å²) >= 11 is 1.75. The number of nitrogens with zero attached hydrogens (tertiary/aromatic N) is 2. The highest BCUT2D eigenvalue weighted by molar-refractivity contribution is 7.92. The van der Waals surface area contributed by atoms with Crippen LogP contribution in [0.1, 0.15) is 0 Å². The van der Waals surface area contributed by atoms with Crippen molar-refractivity contribution in [2.45, 2.75) is 9.79 Å². The first-order valence-corrected chi connectivity index (χ1v) is 20.5. The highest BCUT2D eigenvalue weighted by Gasteiger charge is 2.35. The maximum Gasteiger partial charge on any atom is 0.207 e. The van der Waals surface area contributed by atoms with Crippen molar-refractivity contribution in [1.29, 1.82) is 0 Å². The van der Waals surface area contributed by atoms with Gasteiger partial charge in [-0.15, -0.1) is 11.3 Å². The number of sulfone groups is 1. The number of benzene rings is 8. The van der Waals surface area contributed by atoms with Gasteiger partial charge in [0.15, 0.2) is 11.5 Å². The van der Waals surface area contributed by atoms with Crippen molar-refractivity contribution in [1.82, 2.24) is 4.57 Å². The van der Waals surface area contributed by atoms with Gasteiger partial charge in [0.1, 0.15) is 0 Å². The van der Waals surface area contributed by atoms with Gasteiger partial charge in [-0.05, 0) is 66.2 Å². The lowest BCUT2D eigenvalue weighted by Gasteiger charge is -2.33. The summed E-state index contributed by atoms with van der Waals surface area (Å²) in [6, 6.07) is 57.7. The zero-order chi connectivity index (χ0) is 36.4. The van der Waals surface area contributed by atoms with Gasteiger partial charge >= 0.3 is 0 Å².